The van der Waals surface area contributed by atoms with E-state index in [0.717, 1.165) is 43.4 Å². The van der Waals surface area contributed by atoms with Gasteiger partial charge in [0.1, 0.15) is 5.82 Å². The summed E-state index contributed by atoms with van der Waals surface area (Å²) in [5.41, 5.74) is 0. The van der Waals surface area contributed by atoms with Gasteiger partial charge in [0.15, 0.2) is 0 Å². The summed E-state index contributed by atoms with van der Waals surface area (Å²) in [7, 11) is 0. The quantitative estimate of drug-likeness (QED) is 0.860. The van der Waals surface area contributed by atoms with E-state index in [2.05, 4.69) is 33.4 Å². The van der Waals surface area contributed by atoms with Crippen LogP contribution in [-0.2, 0) is 6.42 Å². The highest BCUT2D eigenvalue weighted by Crippen LogP contribution is 2.26. The molecule has 18 heavy (non-hydrogen) atoms. The number of rotatable bonds is 6. The largest absolute Gasteiger partial charge is 0.343 e. The van der Waals surface area contributed by atoms with Gasteiger partial charge in [-0.25, -0.2) is 4.98 Å². The van der Waals surface area contributed by atoms with Crippen LogP contribution in [0.3, 0.4) is 0 Å². The second-order valence-corrected chi connectivity index (χ2v) is 5.62. The van der Waals surface area contributed by atoms with E-state index in [9.17, 15) is 0 Å². The van der Waals surface area contributed by atoms with Gasteiger partial charge in [0.2, 0.25) is 5.13 Å². The zero-order valence-electron chi connectivity index (χ0n) is 11.5. The highest BCUT2D eigenvalue weighted by atomic mass is 32.1. The molecule has 0 bridgehead atoms. The first-order valence-corrected chi connectivity index (χ1v) is 7.92. The molecule has 1 fully saturated rings. The topological polar surface area (TPSA) is 41.1 Å². The van der Waals surface area contributed by atoms with Crippen molar-refractivity contribution in [3.05, 3.63) is 5.82 Å². The van der Waals surface area contributed by atoms with Crippen LogP contribution in [-0.4, -0.2) is 35.0 Å². The summed E-state index contributed by atoms with van der Waals surface area (Å²) < 4.78 is 4.46. The summed E-state index contributed by atoms with van der Waals surface area (Å²) in [5, 5.41) is 4.59. The first-order chi connectivity index (χ1) is 8.85. The van der Waals surface area contributed by atoms with E-state index in [1.165, 1.54) is 19.3 Å². The molecule has 2 rings (SSSR count). The molecule has 1 aliphatic heterocycles. The first-order valence-electron chi connectivity index (χ1n) is 7.15. The molecule has 1 saturated heterocycles. The number of hydrogen-bond donors (Lipinski definition) is 1. The van der Waals surface area contributed by atoms with Gasteiger partial charge in [-0.2, -0.15) is 4.37 Å². The van der Waals surface area contributed by atoms with Gasteiger partial charge in [0, 0.05) is 37.1 Å². The molecule has 2 heterocycles. The predicted octanol–water partition coefficient (Wildman–Crippen LogP) is 2.46. The fourth-order valence-electron chi connectivity index (χ4n) is 2.46. The van der Waals surface area contributed by atoms with Crippen molar-refractivity contribution in [2.45, 2.75) is 52.0 Å². The molecule has 5 heteroatoms. The normalized spacial score (nSPS) is 20.3. The van der Waals surface area contributed by atoms with Crippen LogP contribution in [0, 0.1) is 0 Å². The van der Waals surface area contributed by atoms with E-state index in [1.54, 1.807) is 11.5 Å². The first kappa shape index (κ1) is 13.7. The monoisotopic (exact) mass is 268 g/mol. The molecular weight excluding hydrogens is 244 g/mol. The summed E-state index contributed by atoms with van der Waals surface area (Å²) in [4.78, 5) is 7.15. The van der Waals surface area contributed by atoms with Crippen LogP contribution in [0.5, 0.6) is 0 Å². The van der Waals surface area contributed by atoms with Gasteiger partial charge >= 0.3 is 0 Å². The Kier molecular flexibility index (Phi) is 5.38. The van der Waals surface area contributed by atoms with E-state index in [-0.39, 0.29) is 0 Å². The molecule has 1 unspecified atom stereocenters. The third kappa shape index (κ3) is 3.42. The molecule has 102 valence electrons. The zero-order chi connectivity index (χ0) is 12.8. The molecule has 1 aliphatic rings. The van der Waals surface area contributed by atoms with Crippen molar-refractivity contribution < 1.29 is 0 Å². The van der Waals surface area contributed by atoms with Crippen LogP contribution >= 0.6 is 11.5 Å². The van der Waals surface area contributed by atoms with E-state index in [4.69, 9.17) is 0 Å². The third-order valence-corrected chi connectivity index (χ3v) is 4.22. The van der Waals surface area contributed by atoms with Crippen LogP contribution in [0.15, 0.2) is 0 Å². The Hall–Kier alpha value is -0.680. The molecule has 1 N–H and O–H groups in total. The Balaban J connectivity index is 2.02. The average Bonchev–Trinajstić information content (AvgIpc) is 2.86. The Bertz CT molecular complexity index is 353. The van der Waals surface area contributed by atoms with E-state index in [0.29, 0.717) is 6.04 Å². The van der Waals surface area contributed by atoms with Crippen LogP contribution in [0.25, 0.3) is 0 Å². The van der Waals surface area contributed by atoms with E-state index < -0.39 is 0 Å². The van der Waals surface area contributed by atoms with E-state index >= 15 is 0 Å². The lowest BCUT2D eigenvalue weighted by Gasteiger charge is -2.35. The van der Waals surface area contributed by atoms with Crippen LogP contribution in [0.4, 0.5) is 5.13 Å². The number of likely N-dealkylation sites (N-methyl/N-ethyl adjacent to an activating group) is 1. The molecule has 1 aromatic heterocycles. The van der Waals surface area contributed by atoms with Crippen molar-refractivity contribution in [3.8, 4) is 0 Å². The number of nitrogens with one attached hydrogen (secondary N) is 1. The summed E-state index contributed by atoms with van der Waals surface area (Å²) in [5.74, 6) is 1.02. The minimum Gasteiger partial charge on any atom is -0.343 e. The SMILES string of the molecule is CCCc1nsc(N2CCCCC2CNCC)n1. The van der Waals surface area contributed by atoms with Crippen molar-refractivity contribution in [2.75, 3.05) is 24.5 Å². The zero-order valence-corrected chi connectivity index (χ0v) is 12.3. The molecule has 0 spiro atoms. The number of aromatic nitrogens is 2. The molecule has 1 atom stereocenters. The van der Waals surface area contributed by atoms with Gasteiger partial charge in [-0.15, -0.1) is 0 Å². The summed E-state index contributed by atoms with van der Waals surface area (Å²) in [6, 6.07) is 0.598. The van der Waals surface area contributed by atoms with Gasteiger partial charge in [0.05, 0.1) is 0 Å². The summed E-state index contributed by atoms with van der Waals surface area (Å²) in [6.07, 6.45) is 6.02. The van der Waals surface area contributed by atoms with Crippen molar-refractivity contribution >= 4 is 16.7 Å². The molecule has 1 aromatic rings. The minimum absolute atomic E-state index is 0.598. The lowest BCUT2D eigenvalue weighted by molar-refractivity contribution is 0.438. The number of hydrogen-bond acceptors (Lipinski definition) is 5. The van der Waals surface area contributed by atoms with Crippen LogP contribution in [0.1, 0.15) is 45.4 Å². The maximum atomic E-state index is 4.69. The summed E-state index contributed by atoms with van der Waals surface area (Å²) in [6.45, 7) is 7.59. The Labute approximate surface area is 114 Å². The average molecular weight is 268 g/mol. The van der Waals surface area contributed by atoms with Gasteiger partial charge in [0.25, 0.3) is 0 Å². The fraction of sp³-hybridized carbons (Fsp3) is 0.846. The van der Waals surface area contributed by atoms with Crippen LogP contribution < -0.4 is 10.2 Å². The maximum absolute atomic E-state index is 4.69. The molecule has 0 aliphatic carbocycles. The molecule has 0 saturated carbocycles. The van der Waals surface area contributed by atoms with Crippen LogP contribution in [0.2, 0.25) is 0 Å². The molecule has 0 radical (unpaired) electrons. The number of aryl methyl sites for hydroxylation is 1. The Morgan fingerprint density at radius 2 is 2.28 bits per heavy atom. The fourth-order valence-corrected chi connectivity index (χ4v) is 3.27. The molecular formula is C13H24N4S. The van der Waals surface area contributed by atoms with Gasteiger partial charge in [-0.1, -0.05) is 13.8 Å². The lowest BCUT2D eigenvalue weighted by Crippen LogP contribution is -2.45. The van der Waals surface area contributed by atoms with Gasteiger partial charge in [-0.3, -0.25) is 0 Å². The highest BCUT2D eigenvalue weighted by Gasteiger charge is 2.24. The standard InChI is InChI=1S/C13H24N4S/c1-3-7-12-15-13(18-16-12)17-9-6-5-8-11(17)10-14-4-2/h11,14H,3-10H2,1-2H3. The second-order valence-electron chi connectivity index (χ2n) is 4.89. The molecule has 4 nitrogen and oxygen atoms in total. The molecule has 0 amide bonds. The van der Waals surface area contributed by atoms with E-state index in [1.807, 2.05) is 0 Å². The number of nitrogens with zero attached hydrogens (tertiary/aromatic N) is 3. The maximum Gasteiger partial charge on any atom is 0.205 e. The smallest absolute Gasteiger partial charge is 0.205 e. The van der Waals surface area contributed by atoms with Gasteiger partial charge in [-0.05, 0) is 32.2 Å². The van der Waals surface area contributed by atoms with Crippen molar-refractivity contribution in [2.24, 2.45) is 0 Å². The summed E-state index contributed by atoms with van der Waals surface area (Å²) >= 11 is 1.57. The third-order valence-electron chi connectivity index (χ3n) is 3.43. The van der Waals surface area contributed by atoms with Crippen molar-refractivity contribution in [3.63, 3.8) is 0 Å². The minimum atomic E-state index is 0.598. The Morgan fingerprint density at radius 3 is 3.06 bits per heavy atom. The predicted molar refractivity (Wildman–Crippen MR) is 77.4 cm³/mol. The van der Waals surface area contributed by atoms with Crippen molar-refractivity contribution in [1.82, 2.24) is 14.7 Å². The van der Waals surface area contributed by atoms with Crippen molar-refractivity contribution in [1.29, 1.82) is 0 Å². The number of piperidine rings is 1. The second kappa shape index (κ2) is 7.04. The lowest BCUT2D eigenvalue weighted by atomic mass is 10.0. The molecule has 0 aromatic carbocycles. The van der Waals surface area contributed by atoms with Gasteiger partial charge < -0.3 is 10.2 Å². The number of anilines is 1. The Morgan fingerprint density at radius 1 is 1.39 bits per heavy atom. The highest BCUT2D eigenvalue weighted by molar-refractivity contribution is 7.09.